The van der Waals surface area contributed by atoms with Crippen molar-refractivity contribution < 1.29 is 9.53 Å². The van der Waals surface area contributed by atoms with Crippen LogP contribution in [0.2, 0.25) is 0 Å². The number of likely N-dealkylation sites (tertiary alicyclic amines) is 2. The summed E-state index contributed by atoms with van der Waals surface area (Å²) in [5.74, 6) is 0.0776. The summed E-state index contributed by atoms with van der Waals surface area (Å²) in [5.41, 5.74) is 0.536. The second-order valence-corrected chi connectivity index (χ2v) is 7.24. The van der Waals surface area contributed by atoms with E-state index in [2.05, 4.69) is 10.00 Å². The van der Waals surface area contributed by atoms with E-state index in [4.69, 9.17) is 4.74 Å². The second kappa shape index (κ2) is 5.91. The summed E-state index contributed by atoms with van der Waals surface area (Å²) in [4.78, 5) is 17.3. The average Bonchev–Trinajstić information content (AvgIpc) is 3.28. The number of aryl methyl sites for hydroxylation is 1. The molecule has 1 aromatic rings. The number of carbonyl (C=O) groups is 1. The van der Waals surface area contributed by atoms with Gasteiger partial charge in [0.1, 0.15) is 5.69 Å². The van der Waals surface area contributed by atoms with Gasteiger partial charge < -0.3 is 14.5 Å². The molecule has 1 spiro atoms. The maximum absolute atomic E-state index is 12.7. The van der Waals surface area contributed by atoms with Crippen LogP contribution in [0, 0.1) is 0 Å². The highest BCUT2D eigenvalue weighted by molar-refractivity contribution is 5.92. The summed E-state index contributed by atoms with van der Waals surface area (Å²) in [5, 5.41) is 4.11. The molecular weight excluding hydrogens is 292 g/mol. The first-order valence-corrected chi connectivity index (χ1v) is 8.82. The van der Waals surface area contributed by atoms with Gasteiger partial charge in [-0.1, -0.05) is 0 Å². The number of carbonyl (C=O) groups excluding carboxylic acids is 1. The molecule has 6 nitrogen and oxygen atoms in total. The first-order valence-electron chi connectivity index (χ1n) is 8.82. The van der Waals surface area contributed by atoms with E-state index in [9.17, 15) is 4.79 Å². The van der Waals surface area contributed by atoms with E-state index < -0.39 is 0 Å². The van der Waals surface area contributed by atoms with Gasteiger partial charge in [-0.15, -0.1) is 0 Å². The smallest absolute Gasteiger partial charge is 0.272 e. The minimum absolute atomic E-state index is 0.0776. The molecule has 0 radical (unpaired) electrons. The molecule has 0 saturated carbocycles. The van der Waals surface area contributed by atoms with Gasteiger partial charge in [-0.2, -0.15) is 5.10 Å². The van der Waals surface area contributed by atoms with E-state index in [1.807, 2.05) is 11.9 Å². The molecular formula is C17H26N4O2. The van der Waals surface area contributed by atoms with Crippen molar-refractivity contribution in [1.82, 2.24) is 19.6 Å². The SMILES string of the molecule is Cn1nccc1C(=O)N1CC[C@@]2(C[C@H](N3CCCC3)CCO2)C1. The molecule has 0 aromatic carbocycles. The monoisotopic (exact) mass is 318 g/mol. The quantitative estimate of drug-likeness (QED) is 0.824. The molecule has 2 atom stereocenters. The Hall–Kier alpha value is -1.40. The summed E-state index contributed by atoms with van der Waals surface area (Å²) in [6.45, 7) is 4.81. The summed E-state index contributed by atoms with van der Waals surface area (Å²) in [6, 6.07) is 2.43. The van der Waals surface area contributed by atoms with Crippen molar-refractivity contribution in [2.24, 2.45) is 7.05 Å². The first kappa shape index (κ1) is 15.1. The maximum Gasteiger partial charge on any atom is 0.272 e. The standard InChI is InChI=1S/C17H26N4O2/c1-19-15(4-7-18-19)16(22)21-10-6-17(13-21)12-14(5-11-23-17)20-8-2-3-9-20/h4,7,14H,2-3,5-6,8-13H2,1H3/t14-,17-/m1/s1. The van der Waals surface area contributed by atoms with Crippen molar-refractivity contribution in [3.05, 3.63) is 18.0 Å². The van der Waals surface area contributed by atoms with Crippen LogP contribution in [0.3, 0.4) is 0 Å². The van der Waals surface area contributed by atoms with Gasteiger partial charge >= 0.3 is 0 Å². The van der Waals surface area contributed by atoms with E-state index in [0.29, 0.717) is 11.7 Å². The Balaban J connectivity index is 1.44. The summed E-state index contributed by atoms with van der Waals surface area (Å²) in [7, 11) is 1.82. The van der Waals surface area contributed by atoms with Crippen LogP contribution in [0.15, 0.2) is 12.3 Å². The Kier molecular flexibility index (Phi) is 3.89. The van der Waals surface area contributed by atoms with E-state index in [0.717, 1.165) is 39.0 Å². The van der Waals surface area contributed by atoms with Crippen LogP contribution in [-0.2, 0) is 11.8 Å². The lowest BCUT2D eigenvalue weighted by molar-refractivity contribution is -0.0946. The summed E-state index contributed by atoms with van der Waals surface area (Å²) >= 11 is 0. The minimum atomic E-state index is -0.125. The van der Waals surface area contributed by atoms with Crippen molar-refractivity contribution in [2.75, 3.05) is 32.8 Å². The third kappa shape index (κ3) is 2.78. The normalized spacial score (nSPS) is 32.0. The number of amides is 1. The lowest BCUT2D eigenvalue weighted by atomic mass is 9.89. The number of rotatable bonds is 2. The molecule has 1 aromatic heterocycles. The molecule has 1 amide bonds. The number of nitrogens with zero attached hydrogens (tertiary/aromatic N) is 4. The van der Waals surface area contributed by atoms with Gasteiger partial charge in [0.25, 0.3) is 5.91 Å². The Morgan fingerprint density at radius 1 is 1.35 bits per heavy atom. The fourth-order valence-electron chi connectivity index (χ4n) is 4.47. The molecule has 126 valence electrons. The van der Waals surface area contributed by atoms with E-state index >= 15 is 0 Å². The van der Waals surface area contributed by atoms with Crippen LogP contribution in [0.1, 0.15) is 42.6 Å². The third-order valence-electron chi connectivity index (χ3n) is 5.77. The zero-order valence-electron chi connectivity index (χ0n) is 13.9. The van der Waals surface area contributed by atoms with Crippen LogP contribution < -0.4 is 0 Å². The zero-order chi connectivity index (χ0) is 15.9. The van der Waals surface area contributed by atoms with Crippen LogP contribution in [0.25, 0.3) is 0 Å². The van der Waals surface area contributed by atoms with E-state index in [1.165, 1.54) is 25.9 Å². The Morgan fingerprint density at radius 3 is 2.91 bits per heavy atom. The van der Waals surface area contributed by atoms with Gasteiger partial charge in [0.2, 0.25) is 0 Å². The molecule has 23 heavy (non-hydrogen) atoms. The van der Waals surface area contributed by atoms with Gasteiger partial charge in [-0.05, 0) is 51.3 Å². The highest BCUT2D eigenvalue weighted by Gasteiger charge is 2.46. The van der Waals surface area contributed by atoms with Crippen LogP contribution in [0.4, 0.5) is 0 Å². The molecule has 3 fully saturated rings. The first-order chi connectivity index (χ1) is 11.2. The highest BCUT2D eigenvalue weighted by Crippen LogP contribution is 2.37. The predicted molar refractivity (Wildman–Crippen MR) is 86.2 cm³/mol. The average molecular weight is 318 g/mol. The molecule has 0 unspecified atom stereocenters. The lowest BCUT2D eigenvalue weighted by Crippen LogP contribution is -2.49. The van der Waals surface area contributed by atoms with Crippen LogP contribution in [-0.4, -0.2) is 69.9 Å². The molecule has 0 bridgehead atoms. The third-order valence-corrected chi connectivity index (χ3v) is 5.77. The van der Waals surface area contributed by atoms with Gasteiger partial charge in [-0.3, -0.25) is 9.48 Å². The largest absolute Gasteiger partial charge is 0.373 e. The predicted octanol–water partition coefficient (Wildman–Crippen LogP) is 1.28. The van der Waals surface area contributed by atoms with Crippen molar-refractivity contribution in [1.29, 1.82) is 0 Å². The van der Waals surface area contributed by atoms with Gasteiger partial charge in [-0.25, -0.2) is 0 Å². The fraction of sp³-hybridized carbons (Fsp3) is 0.765. The Morgan fingerprint density at radius 2 is 2.17 bits per heavy atom. The molecule has 3 saturated heterocycles. The second-order valence-electron chi connectivity index (χ2n) is 7.24. The lowest BCUT2D eigenvalue weighted by Gasteiger charge is -2.41. The van der Waals surface area contributed by atoms with E-state index in [1.54, 1.807) is 16.9 Å². The van der Waals surface area contributed by atoms with Crippen molar-refractivity contribution in [3.63, 3.8) is 0 Å². The highest BCUT2D eigenvalue weighted by atomic mass is 16.5. The molecule has 3 aliphatic heterocycles. The zero-order valence-corrected chi connectivity index (χ0v) is 13.9. The van der Waals surface area contributed by atoms with Crippen molar-refractivity contribution >= 4 is 5.91 Å². The maximum atomic E-state index is 12.7. The molecule has 4 heterocycles. The van der Waals surface area contributed by atoms with Crippen LogP contribution >= 0.6 is 0 Å². The Labute approximate surface area is 137 Å². The minimum Gasteiger partial charge on any atom is -0.373 e. The number of ether oxygens (including phenoxy) is 1. The molecule has 0 aliphatic carbocycles. The summed E-state index contributed by atoms with van der Waals surface area (Å²) in [6.07, 6.45) is 7.50. The number of hydrogen-bond donors (Lipinski definition) is 0. The van der Waals surface area contributed by atoms with Gasteiger partial charge in [0, 0.05) is 32.4 Å². The molecule has 0 N–H and O–H groups in total. The van der Waals surface area contributed by atoms with E-state index in [-0.39, 0.29) is 11.5 Å². The molecule has 3 aliphatic rings. The molecule has 4 rings (SSSR count). The summed E-state index contributed by atoms with van der Waals surface area (Å²) < 4.78 is 7.86. The Bertz CT molecular complexity index is 581. The topological polar surface area (TPSA) is 50.6 Å². The molecule has 6 heteroatoms. The van der Waals surface area contributed by atoms with Gasteiger partial charge in [0.15, 0.2) is 0 Å². The van der Waals surface area contributed by atoms with Crippen molar-refractivity contribution in [3.8, 4) is 0 Å². The van der Waals surface area contributed by atoms with Crippen molar-refractivity contribution in [2.45, 2.75) is 43.7 Å². The number of hydrogen-bond acceptors (Lipinski definition) is 4. The van der Waals surface area contributed by atoms with Crippen LogP contribution in [0.5, 0.6) is 0 Å². The van der Waals surface area contributed by atoms with Gasteiger partial charge in [0.05, 0.1) is 12.1 Å². The fourth-order valence-corrected chi connectivity index (χ4v) is 4.47. The number of aromatic nitrogens is 2.